The number of aryl methyl sites for hydroxylation is 1. The van der Waals surface area contributed by atoms with Gasteiger partial charge in [0, 0.05) is 17.8 Å². The summed E-state index contributed by atoms with van der Waals surface area (Å²) in [5.74, 6) is 2.44. The van der Waals surface area contributed by atoms with Crippen molar-refractivity contribution in [2.24, 2.45) is 17.8 Å². The summed E-state index contributed by atoms with van der Waals surface area (Å²) in [4.78, 5) is 0. The molecule has 0 aliphatic carbocycles. The lowest BCUT2D eigenvalue weighted by Crippen LogP contribution is -2.23. The molecule has 2 N–H and O–H groups in total. The summed E-state index contributed by atoms with van der Waals surface area (Å²) in [5, 5.41) is 12.2. The van der Waals surface area contributed by atoms with Crippen LogP contribution in [0.15, 0.2) is 18.2 Å². The number of hydrogen-bond acceptors (Lipinski definition) is 4. The van der Waals surface area contributed by atoms with Gasteiger partial charge in [0.05, 0.1) is 0 Å². The Bertz CT molecular complexity index is 592. The third kappa shape index (κ3) is 3.40. The molecule has 5 heteroatoms. The molecular formula is C16H25N5. The maximum absolute atomic E-state index is 6.09. The van der Waals surface area contributed by atoms with E-state index in [1.807, 2.05) is 29.8 Å². The second-order valence-electron chi connectivity index (χ2n) is 6.43. The van der Waals surface area contributed by atoms with Crippen molar-refractivity contribution in [3.63, 3.8) is 0 Å². The van der Waals surface area contributed by atoms with Crippen molar-refractivity contribution < 1.29 is 0 Å². The number of nitrogens with zero attached hydrogens (tertiary/aromatic N) is 4. The van der Waals surface area contributed by atoms with Crippen LogP contribution in [0.25, 0.3) is 11.4 Å². The van der Waals surface area contributed by atoms with Gasteiger partial charge in [0.15, 0.2) is 5.82 Å². The van der Waals surface area contributed by atoms with E-state index in [2.05, 4.69) is 43.2 Å². The Hall–Kier alpha value is -1.91. The van der Waals surface area contributed by atoms with E-state index in [1.165, 1.54) is 0 Å². The lowest BCUT2D eigenvalue weighted by molar-refractivity contribution is 0.242. The molecule has 0 aliphatic rings. The molecule has 0 bridgehead atoms. The van der Waals surface area contributed by atoms with Crippen molar-refractivity contribution in [2.45, 2.75) is 41.2 Å². The van der Waals surface area contributed by atoms with E-state index >= 15 is 0 Å². The molecule has 114 valence electrons. The van der Waals surface area contributed by atoms with Gasteiger partial charge in [-0.05, 0) is 47.2 Å². The smallest absolute Gasteiger partial charge is 0.184 e. The first kappa shape index (κ1) is 15.5. The van der Waals surface area contributed by atoms with Gasteiger partial charge in [0.1, 0.15) is 0 Å². The fourth-order valence-corrected chi connectivity index (χ4v) is 2.78. The molecule has 0 aliphatic heterocycles. The Balaban J connectivity index is 2.36. The van der Waals surface area contributed by atoms with E-state index < -0.39 is 0 Å². The minimum Gasteiger partial charge on any atom is -0.398 e. The van der Waals surface area contributed by atoms with Gasteiger partial charge in [-0.1, -0.05) is 39.3 Å². The molecule has 1 aromatic heterocycles. The zero-order valence-corrected chi connectivity index (χ0v) is 13.5. The zero-order valence-electron chi connectivity index (χ0n) is 13.5. The summed E-state index contributed by atoms with van der Waals surface area (Å²) in [6.45, 7) is 11.8. The second kappa shape index (κ2) is 6.24. The average Bonchev–Trinajstić information content (AvgIpc) is 2.86. The van der Waals surface area contributed by atoms with Crippen molar-refractivity contribution in [3.8, 4) is 11.4 Å². The summed E-state index contributed by atoms with van der Waals surface area (Å²) < 4.78 is 1.88. The number of nitrogen functional groups attached to an aromatic ring is 1. The van der Waals surface area contributed by atoms with Crippen LogP contribution in [-0.2, 0) is 6.54 Å². The number of benzene rings is 1. The van der Waals surface area contributed by atoms with Crippen molar-refractivity contribution in [1.29, 1.82) is 0 Å². The van der Waals surface area contributed by atoms with Crippen molar-refractivity contribution in [3.05, 3.63) is 23.8 Å². The Morgan fingerprint density at radius 2 is 1.81 bits per heavy atom. The van der Waals surface area contributed by atoms with Crippen molar-refractivity contribution >= 4 is 5.69 Å². The van der Waals surface area contributed by atoms with E-state index in [9.17, 15) is 0 Å². The minimum atomic E-state index is 0.526. The summed E-state index contributed by atoms with van der Waals surface area (Å²) >= 11 is 0. The summed E-state index contributed by atoms with van der Waals surface area (Å²) in [6.07, 6.45) is 0. The third-order valence-corrected chi connectivity index (χ3v) is 4.08. The van der Waals surface area contributed by atoms with Crippen LogP contribution in [0.4, 0.5) is 5.69 Å². The van der Waals surface area contributed by atoms with Gasteiger partial charge in [0.2, 0.25) is 0 Å². The fraction of sp³-hybridized carbons (Fsp3) is 0.562. The van der Waals surface area contributed by atoms with Gasteiger partial charge >= 0.3 is 0 Å². The van der Waals surface area contributed by atoms with Gasteiger partial charge in [0.25, 0.3) is 0 Å². The Kier molecular flexibility index (Phi) is 4.60. The number of hydrogen-bond donors (Lipinski definition) is 1. The maximum Gasteiger partial charge on any atom is 0.184 e. The standard InChI is InChI=1S/C16H25N5/c1-10(2)14(11(3)4)9-21-16(18-19-20-21)13-8-12(5)6-7-15(13)17/h6-8,10-11,14H,9,17H2,1-5H3. The second-order valence-corrected chi connectivity index (χ2v) is 6.43. The number of tetrazole rings is 1. The van der Waals surface area contributed by atoms with E-state index in [4.69, 9.17) is 5.73 Å². The highest BCUT2D eigenvalue weighted by atomic mass is 15.5. The lowest BCUT2D eigenvalue weighted by Gasteiger charge is -2.24. The molecule has 0 radical (unpaired) electrons. The summed E-state index contributed by atoms with van der Waals surface area (Å²) in [6, 6.07) is 5.95. The molecule has 0 saturated heterocycles. The van der Waals surface area contributed by atoms with Crippen LogP contribution < -0.4 is 5.73 Å². The number of rotatable bonds is 5. The van der Waals surface area contributed by atoms with Crippen LogP contribution >= 0.6 is 0 Å². The zero-order chi connectivity index (χ0) is 15.6. The van der Waals surface area contributed by atoms with E-state index in [0.29, 0.717) is 23.4 Å². The molecule has 0 amide bonds. The number of aromatic nitrogens is 4. The Morgan fingerprint density at radius 3 is 2.43 bits per heavy atom. The normalized spacial score (nSPS) is 11.8. The highest BCUT2D eigenvalue weighted by Crippen LogP contribution is 2.27. The molecule has 0 unspecified atom stereocenters. The topological polar surface area (TPSA) is 69.6 Å². The third-order valence-electron chi connectivity index (χ3n) is 4.08. The molecule has 5 nitrogen and oxygen atoms in total. The van der Waals surface area contributed by atoms with E-state index in [0.717, 1.165) is 23.5 Å². The molecule has 1 aromatic carbocycles. The molecule has 1 heterocycles. The van der Waals surface area contributed by atoms with Crippen molar-refractivity contribution in [1.82, 2.24) is 20.2 Å². The van der Waals surface area contributed by atoms with Gasteiger partial charge in [-0.25, -0.2) is 4.68 Å². The Morgan fingerprint density at radius 1 is 1.14 bits per heavy atom. The largest absolute Gasteiger partial charge is 0.398 e. The molecule has 2 aromatic rings. The summed E-state index contributed by atoms with van der Waals surface area (Å²) in [5.41, 5.74) is 8.86. The number of anilines is 1. The predicted molar refractivity (Wildman–Crippen MR) is 85.6 cm³/mol. The SMILES string of the molecule is Cc1ccc(N)c(-c2nnnn2CC(C(C)C)C(C)C)c1. The van der Waals surface area contributed by atoms with Gasteiger partial charge in [-0.2, -0.15) is 0 Å². The lowest BCUT2D eigenvalue weighted by atomic mass is 9.85. The van der Waals surface area contributed by atoms with E-state index in [-0.39, 0.29) is 0 Å². The minimum absolute atomic E-state index is 0.526. The van der Waals surface area contributed by atoms with Crippen LogP contribution in [0.2, 0.25) is 0 Å². The fourth-order valence-electron chi connectivity index (χ4n) is 2.78. The first-order chi connectivity index (χ1) is 9.90. The molecule has 0 spiro atoms. The Labute approximate surface area is 126 Å². The van der Waals surface area contributed by atoms with Crippen LogP contribution in [0.5, 0.6) is 0 Å². The molecule has 2 rings (SSSR count). The summed E-state index contributed by atoms with van der Waals surface area (Å²) in [7, 11) is 0. The quantitative estimate of drug-likeness (QED) is 0.858. The van der Waals surface area contributed by atoms with Crippen LogP contribution in [0.1, 0.15) is 33.3 Å². The predicted octanol–water partition coefficient (Wildman–Crippen LogP) is 3.16. The number of nitrogens with two attached hydrogens (primary N) is 1. The van der Waals surface area contributed by atoms with Gasteiger partial charge in [-0.3, -0.25) is 0 Å². The molecule has 0 atom stereocenters. The van der Waals surface area contributed by atoms with Gasteiger partial charge in [-0.15, -0.1) is 5.10 Å². The molecule has 0 saturated carbocycles. The average molecular weight is 287 g/mol. The van der Waals surface area contributed by atoms with E-state index in [1.54, 1.807) is 0 Å². The van der Waals surface area contributed by atoms with Crippen LogP contribution in [0, 0.1) is 24.7 Å². The van der Waals surface area contributed by atoms with Crippen LogP contribution in [0.3, 0.4) is 0 Å². The van der Waals surface area contributed by atoms with Crippen molar-refractivity contribution in [2.75, 3.05) is 5.73 Å². The van der Waals surface area contributed by atoms with Gasteiger partial charge < -0.3 is 5.73 Å². The first-order valence-corrected chi connectivity index (χ1v) is 7.52. The molecular weight excluding hydrogens is 262 g/mol. The highest BCUT2D eigenvalue weighted by molar-refractivity contribution is 5.72. The first-order valence-electron chi connectivity index (χ1n) is 7.52. The monoisotopic (exact) mass is 287 g/mol. The highest BCUT2D eigenvalue weighted by Gasteiger charge is 2.21. The maximum atomic E-state index is 6.09. The molecule has 21 heavy (non-hydrogen) atoms. The molecule has 0 fully saturated rings. The van der Waals surface area contributed by atoms with Crippen LogP contribution in [-0.4, -0.2) is 20.2 Å².